The first-order valence-electron chi connectivity index (χ1n) is 9.32. The molecule has 148 valence electrons. The summed E-state index contributed by atoms with van der Waals surface area (Å²) in [5.41, 5.74) is 5.98. The van der Waals surface area contributed by atoms with Crippen LogP contribution in [0.5, 0.6) is 0 Å². The average Bonchev–Trinajstić information content (AvgIpc) is 3.28. The minimum atomic E-state index is -0.301. The molecule has 9 heteroatoms. The van der Waals surface area contributed by atoms with Crippen molar-refractivity contribution in [3.05, 3.63) is 10.6 Å². The van der Waals surface area contributed by atoms with Crippen LogP contribution in [-0.4, -0.2) is 60.0 Å². The number of primary amides is 1. The van der Waals surface area contributed by atoms with E-state index in [-0.39, 0.29) is 29.7 Å². The molecule has 3 amide bonds. The highest BCUT2D eigenvalue weighted by atomic mass is 32.1. The summed E-state index contributed by atoms with van der Waals surface area (Å²) in [6.45, 7) is 5.48. The van der Waals surface area contributed by atoms with E-state index in [2.05, 4.69) is 4.98 Å². The summed E-state index contributed by atoms with van der Waals surface area (Å²) in [5, 5.41) is 0.533. The van der Waals surface area contributed by atoms with Gasteiger partial charge >= 0.3 is 0 Å². The van der Waals surface area contributed by atoms with Crippen molar-refractivity contribution in [2.45, 2.75) is 45.6 Å². The Hall–Kier alpha value is -2.00. The van der Waals surface area contributed by atoms with Gasteiger partial charge in [0.2, 0.25) is 11.8 Å². The number of hydrogen-bond donors (Lipinski definition) is 1. The van der Waals surface area contributed by atoms with Gasteiger partial charge in [-0.1, -0.05) is 11.3 Å². The molecule has 0 aromatic carbocycles. The van der Waals surface area contributed by atoms with Gasteiger partial charge in [-0.15, -0.1) is 0 Å². The first kappa shape index (κ1) is 19.8. The number of rotatable bonds is 5. The van der Waals surface area contributed by atoms with E-state index in [0.717, 1.165) is 19.4 Å². The Morgan fingerprint density at radius 2 is 2.00 bits per heavy atom. The normalized spacial score (nSPS) is 20.7. The zero-order valence-corrected chi connectivity index (χ0v) is 16.6. The molecule has 3 heterocycles. The zero-order valence-electron chi connectivity index (χ0n) is 15.8. The lowest BCUT2D eigenvalue weighted by molar-refractivity contribution is -0.123. The second-order valence-corrected chi connectivity index (χ2v) is 8.12. The van der Waals surface area contributed by atoms with E-state index in [1.165, 1.54) is 18.3 Å². The summed E-state index contributed by atoms with van der Waals surface area (Å²) in [5.74, 6) is -0.670. The lowest BCUT2D eigenvalue weighted by Crippen LogP contribution is -2.41. The van der Waals surface area contributed by atoms with E-state index in [0.29, 0.717) is 48.2 Å². The number of hydrogen-bond acceptors (Lipinski definition) is 6. The summed E-state index contributed by atoms with van der Waals surface area (Å²) in [6.07, 6.45) is 3.12. The Morgan fingerprint density at radius 3 is 2.56 bits per heavy atom. The fourth-order valence-corrected chi connectivity index (χ4v) is 4.63. The van der Waals surface area contributed by atoms with Gasteiger partial charge in [0.05, 0.1) is 18.3 Å². The predicted molar refractivity (Wildman–Crippen MR) is 102 cm³/mol. The third-order valence-corrected chi connectivity index (χ3v) is 6.35. The van der Waals surface area contributed by atoms with Crippen molar-refractivity contribution in [3.63, 3.8) is 0 Å². The molecule has 27 heavy (non-hydrogen) atoms. The molecule has 3 rings (SSSR count). The fourth-order valence-electron chi connectivity index (χ4n) is 3.54. The molecular formula is C18H26N4O4S. The molecule has 0 aliphatic carbocycles. The highest BCUT2D eigenvalue weighted by molar-refractivity contribution is 7.17. The Kier molecular flexibility index (Phi) is 6.11. The topological polar surface area (TPSA) is 106 Å². The molecule has 2 saturated heterocycles. The van der Waals surface area contributed by atoms with E-state index in [1.54, 1.807) is 16.7 Å². The number of nitrogens with zero attached hydrogens (tertiary/aromatic N) is 3. The van der Waals surface area contributed by atoms with Gasteiger partial charge in [-0.25, -0.2) is 4.98 Å². The van der Waals surface area contributed by atoms with Crippen molar-refractivity contribution in [1.82, 2.24) is 9.88 Å². The average molecular weight is 394 g/mol. The number of amides is 3. The summed E-state index contributed by atoms with van der Waals surface area (Å²) in [6, 6.07) is 0. The van der Waals surface area contributed by atoms with Crippen LogP contribution < -0.4 is 10.6 Å². The van der Waals surface area contributed by atoms with Crippen LogP contribution in [0, 0.1) is 12.8 Å². The largest absolute Gasteiger partial charge is 0.376 e. The van der Waals surface area contributed by atoms with Crippen molar-refractivity contribution >= 4 is 34.2 Å². The molecule has 0 spiro atoms. The second kappa shape index (κ2) is 8.35. The van der Waals surface area contributed by atoms with E-state index in [9.17, 15) is 14.4 Å². The maximum absolute atomic E-state index is 12.9. The zero-order chi connectivity index (χ0) is 19.6. The maximum Gasteiger partial charge on any atom is 0.265 e. The molecule has 0 saturated carbocycles. The molecular weight excluding hydrogens is 368 g/mol. The summed E-state index contributed by atoms with van der Waals surface area (Å²) in [7, 11) is 0. The van der Waals surface area contributed by atoms with Crippen molar-refractivity contribution in [1.29, 1.82) is 0 Å². The van der Waals surface area contributed by atoms with Crippen molar-refractivity contribution in [3.8, 4) is 0 Å². The number of nitrogens with two attached hydrogens (primary N) is 1. The van der Waals surface area contributed by atoms with Gasteiger partial charge in [0.1, 0.15) is 4.88 Å². The summed E-state index contributed by atoms with van der Waals surface area (Å²) in [4.78, 5) is 44.7. The first-order valence-corrected chi connectivity index (χ1v) is 10.1. The molecule has 2 aliphatic heterocycles. The monoisotopic (exact) mass is 394 g/mol. The molecule has 1 atom stereocenters. The number of ether oxygens (including phenoxy) is 1. The highest BCUT2D eigenvalue weighted by Crippen LogP contribution is 2.30. The molecule has 2 N–H and O–H groups in total. The van der Waals surface area contributed by atoms with E-state index in [1.807, 2.05) is 0 Å². The van der Waals surface area contributed by atoms with Gasteiger partial charge in [0.25, 0.3) is 5.91 Å². The van der Waals surface area contributed by atoms with Gasteiger partial charge < -0.3 is 15.4 Å². The number of aryl methyl sites for hydroxylation is 1. The summed E-state index contributed by atoms with van der Waals surface area (Å²) < 4.78 is 5.63. The SMILES string of the molecule is CC(=O)N(CC1CCCO1)c1nc(C)c(C(=O)N2CCC(C(N)=O)CC2)s1. The minimum absolute atomic E-state index is 0.0186. The molecule has 2 fully saturated rings. The molecule has 1 aromatic rings. The minimum Gasteiger partial charge on any atom is -0.376 e. The number of carbonyl (C=O) groups excluding carboxylic acids is 3. The Morgan fingerprint density at radius 1 is 1.30 bits per heavy atom. The van der Waals surface area contributed by atoms with Gasteiger partial charge in [0.15, 0.2) is 5.13 Å². The van der Waals surface area contributed by atoms with Crippen LogP contribution in [0.3, 0.4) is 0 Å². The number of thiazole rings is 1. The first-order chi connectivity index (χ1) is 12.9. The van der Waals surface area contributed by atoms with Crippen LogP contribution in [0.4, 0.5) is 5.13 Å². The maximum atomic E-state index is 12.9. The van der Waals surface area contributed by atoms with Crippen molar-refractivity contribution < 1.29 is 19.1 Å². The van der Waals surface area contributed by atoms with Crippen LogP contribution in [0.1, 0.15) is 48.0 Å². The number of carbonyl (C=O) groups is 3. The smallest absolute Gasteiger partial charge is 0.265 e. The molecule has 8 nitrogen and oxygen atoms in total. The van der Waals surface area contributed by atoms with Crippen LogP contribution in [0.2, 0.25) is 0 Å². The molecule has 2 aliphatic rings. The van der Waals surface area contributed by atoms with Crippen LogP contribution in [0.15, 0.2) is 0 Å². The van der Waals surface area contributed by atoms with E-state index >= 15 is 0 Å². The third-order valence-electron chi connectivity index (χ3n) is 5.19. The lowest BCUT2D eigenvalue weighted by atomic mass is 9.96. The van der Waals surface area contributed by atoms with Gasteiger partial charge in [-0.3, -0.25) is 19.3 Å². The number of aromatic nitrogens is 1. The van der Waals surface area contributed by atoms with E-state index in [4.69, 9.17) is 10.5 Å². The number of likely N-dealkylation sites (tertiary alicyclic amines) is 1. The van der Waals surface area contributed by atoms with Crippen LogP contribution >= 0.6 is 11.3 Å². The van der Waals surface area contributed by atoms with Gasteiger partial charge in [-0.2, -0.15) is 0 Å². The second-order valence-electron chi connectivity index (χ2n) is 7.14. The quantitative estimate of drug-likeness (QED) is 0.811. The lowest BCUT2D eigenvalue weighted by Gasteiger charge is -2.30. The third kappa shape index (κ3) is 4.47. The Bertz CT molecular complexity index is 721. The van der Waals surface area contributed by atoms with Gasteiger partial charge in [0, 0.05) is 32.5 Å². The Balaban J connectivity index is 1.71. The summed E-state index contributed by atoms with van der Waals surface area (Å²) >= 11 is 1.24. The number of anilines is 1. The number of piperidine rings is 1. The van der Waals surface area contributed by atoms with E-state index < -0.39 is 0 Å². The Labute approximate surface area is 162 Å². The van der Waals surface area contributed by atoms with Crippen LogP contribution in [0.25, 0.3) is 0 Å². The molecule has 1 aromatic heterocycles. The van der Waals surface area contributed by atoms with Gasteiger partial charge in [-0.05, 0) is 32.6 Å². The van der Waals surface area contributed by atoms with Crippen molar-refractivity contribution in [2.75, 3.05) is 31.1 Å². The fraction of sp³-hybridized carbons (Fsp3) is 0.667. The molecule has 0 radical (unpaired) electrons. The molecule has 0 bridgehead atoms. The van der Waals surface area contributed by atoms with Crippen molar-refractivity contribution in [2.24, 2.45) is 11.7 Å². The standard InChI is InChI=1S/C18H26N4O4S/c1-11-15(17(25)21-7-5-13(6-8-21)16(19)24)27-18(20-11)22(12(2)23)10-14-4-3-9-26-14/h13-14H,3-10H2,1-2H3,(H2,19,24). The highest BCUT2D eigenvalue weighted by Gasteiger charge is 2.30. The predicted octanol–water partition coefficient (Wildman–Crippen LogP) is 1.32. The van der Waals surface area contributed by atoms with Crippen LogP contribution in [-0.2, 0) is 14.3 Å². The molecule has 1 unspecified atom stereocenters.